The van der Waals surface area contributed by atoms with Gasteiger partial charge in [-0.05, 0) is 31.5 Å². The largest absolute Gasteiger partial charge is 0.307 e. The molecule has 0 bridgehead atoms. The first-order valence-electron chi connectivity index (χ1n) is 6.75. The van der Waals surface area contributed by atoms with Gasteiger partial charge in [0.05, 0.1) is 17.6 Å². The van der Waals surface area contributed by atoms with Crippen molar-refractivity contribution in [2.75, 3.05) is 0 Å². The Labute approximate surface area is 136 Å². The third-order valence-electron chi connectivity index (χ3n) is 3.53. The molecule has 1 aromatic carbocycles. The maximum atomic E-state index is 6.31. The average molecular weight is 368 g/mol. The molecular formula is C15H16BrClN4. The first kappa shape index (κ1) is 14.6. The van der Waals surface area contributed by atoms with Crippen LogP contribution in [0, 0.1) is 6.92 Å². The fourth-order valence-corrected chi connectivity index (χ4v) is 3.01. The normalized spacial score (nSPS) is 13.0. The molecule has 0 spiro atoms. The molecule has 4 nitrogen and oxygen atoms in total. The smallest absolute Gasteiger partial charge is 0.159 e. The third-order valence-corrected chi connectivity index (χ3v) is 4.25. The minimum Gasteiger partial charge on any atom is -0.307 e. The van der Waals surface area contributed by atoms with Crippen molar-refractivity contribution in [1.29, 1.82) is 0 Å². The molecule has 0 aliphatic rings. The molecule has 1 unspecified atom stereocenters. The Morgan fingerprint density at radius 3 is 2.57 bits per heavy atom. The second-order valence-electron chi connectivity index (χ2n) is 5.18. The third kappa shape index (κ3) is 2.60. The molecule has 0 fully saturated rings. The predicted octanol–water partition coefficient (Wildman–Crippen LogP) is 4.19. The Morgan fingerprint density at radius 2 is 1.95 bits per heavy atom. The van der Waals surface area contributed by atoms with Gasteiger partial charge in [-0.25, -0.2) is 4.98 Å². The molecule has 2 aromatic heterocycles. The van der Waals surface area contributed by atoms with Crippen LogP contribution in [0.4, 0.5) is 0 Å². The lowest BCUT2D eigenvalue weighted by atomic mass is 10.2. The molecule has 0 radical (unpaired) electrons. The molecule has 6 heteroatoms. The number of hydrogen-bond acceptors (Lipinski definition) is 2. The predicted molar refractivity (Wildman–Crippen MR) is 88.7 cm³/mol. The summed E-state index contributed by atoms with van der Waals surface area (Å²) in [5.41, 5.74) is 4.07. The van der Waals surface area contributed by atoms with Crippen LogP contribution >= 0.6 is 27.5 Å². The van der Waals surface area contributed by atoms with E-state index in [0.29, 0.717) is 0 Å². The highest BCUT2D eigenvalue weighted by atomic mass is 79.9. The van der Waals surface area contributed by atoms with Gasteiger partial charge in [-0.3, -0.25) is 4.68 Å². The van der Waals surface area contributed by atoms with Crippen LogP contribution in [0.2, 0.25) is 0 Å². The van der Waals surface area contributed by atoms with Crippen LogP contribution in [0.3, 0.4) is 0 Å². The topological polar surface area (TPSA) is 35.6 Å². The summed E-state index contributed by atoms with van der Waals surface area (Å²) in [7, 11) is 1.94. The number of imidazole rings is 1. The maximum Gasteiger partial charge on any atom is 0.159 e. The lowest BCUT2D eigenvalue weighted by molar-refractivity contribution is 0.686. The van der Waals surface area contributed by atoms with Gasteiger partial charge in [0.2, 0.25) is 0 Å². The lowest BCUT2D eigenvalue weighted by Gasteiger charge is -2.11. The molecule has 3 aromatic rings. The summed E-state index contributed by atoms with van der Waals surface area (Å²) < 4.78 is 5.10. The van der Waals surface area contributed by atoms with E-state index in [2.05, 4.69) is 42.7 Å². The minimum absolute atomic E-state index is 0.146. The number of hydrogen-bond donors (Lipinski definition) is 0. The summed E-state index contributed by atoms with van der Waals surface area (Å²) in [5, 5.41) is 4.30. The standard InChI is InChI=1S/C15H16BrClN4/c1-9(17)14-18-13-10(2)19-20(3)15(13)21(14)8-11-4-6-12(16)7-5-11/h4-7,9H,8H2,1-3H3. The zero-order chi connectivity index (χ0) is 15.1. The molecule has 3 rings (SSSR count). The van der Waals surface area contributed by atoms with Gasteiger partial charge in [0.25, 0.3) is 0 Å². The van der Waals surface area contributed by atoms with E-state index in [-0.39, 0.29) is 5.38 Å². The Hall–Kier alpha value is -1.33. The summed E-state index contributed by atoms with van der Waals surface area (Å²) in [6.07, 6.45) is 0. The zero-order valence-electron chi connectivity index (χ0n) is 12.1. The molecule has 0 aliphatic carbocycles. The number of benzene rings is 1. The number of aromatic nitrogens is 4. The van der Waals surface area contributed by atoms with E-state index in [1.54, 1.807) is 0 Å². The van der Waals surface area contributed by atoms with Crippen molar-refractivity contribution in [3.05, 3.63) is 45.8 Å². The summed E-state index contributed by atoms with van der Waals surface area (Å²) in [6, 6.07) is 8.28. The quantitative estimate of drug-likeness (QED) is 0.651. The van der Waals surface area contributed by atoms with Crippen molar-refractivity contribution >= 4 is 38.7 Å². The number of nitrogens with zero attached hydrogens (tertiary/aromatic N) is 4. The van der Waals surface area contributed by atoms with Crippen LogP contribution in [0.5, 0.6) is 0 Å². The van der Waals surface area contributed by atoms with E-state index in [4.69, 9.17) is 11.6 Å². The SMILES string of the molecule is Cc1nn(C)c2c1nc(C(C)Cl)n2Cc1ccc(Br)cc1. The van der Waals surface area contributed by atoms with Gasteiger partial charge in [0.15, 0.2) is 5.65 Å². The van der Waals surface area contributed by atoms with Gasteiger partial charge < -0.3 is 4.57 Å². The van der Waals surface area contributed by atoms with Gasteiger partial charge in [-0.15, -0.1) is 11.6 Å². The number of aryl methyl sites for hydroxylation is 2. The second kappa shape index (κ2) is 5.46. The van der Waals surface area contributed by atoms with Crippen LogP contribution < -0.4 is 0 Å². The van der Waals surface area contributed by atoms with Gasteiger partial charge in [-0.1, -0.05) is 28.1 Å². The van der Waals surface area contributed by atoms with E-state index in [0.717, 1.165) is 33.7 Å². The molecule has 21 heavy (non-hydrogen) atoms. The van der Waals surface area contributed by atoms with E-state index >= 15 is 0 Å². The summed E-state index contributed by atoms with van der Waals surface area (Å²) in [4.78, 5) is 4.68. The van der Waals surface area contributed by atoms with Crippen LogP contribution in [0.25, 0.3) is 11.2 Å². The van der Waals surface area contributed by atoms with E-state index < -0.39 is 0 Å². The van der Waals surface area contributed by atoms with Gasteiger partial charge >= 0.3 is 0 Å². The van der Waals surface area contributed by atoms with Crippen LogP contribution in [-0.2, 0) is 13.6 Å². The minimum atomic E-state index is -0.146. The summed E-state index contributed by atoms with van der Waals surface area (Å²) >= 11 is 9.77. The van der Waals surface area contributed by atoms with E-state index in [9.17, 15) is 0 Å². The van der Waals surface area contributed by atoms with Crippen molar-refractivity contribution in [1.82, 2.24) is 19.3 Å². The molecular weight excluding hydrogens is 352 g/mol. The second-order valence-corrected chi connectivity index (χ2v) is 6.75. The molecule has 110 valence electrons. The van der Waals surface area contributed by atoms with Crippen LogP contribution in [0.1, 0.15) is 29.4 Å². The van der Waals surface area contributed by atoms with Gasteiger partial charge in [0, 0.05) is 11.5 Å². The molecule has 0 saturated carbocycles. The van der Waals surface area contributed by atoms with Crippen molar-refractivity contribution in [3.63, 3.8) is 0 Å². The van der Waals surface area contributed by atoms with Gasteiger partial charge in [-0.2, -0.15) is 5.10 Å². The molecule has 0 amide bonds. The maximum absolute atomic E-state index is 6.31. The molecule has 0 saturated heterocycles. The van der Waals surface area contributed by atoms with Crippen molar-refractivity contribution in [3.8, 4) is 0 Å². The van der Waals surface area contributed by atoms with E-state index in [1.165, 1.54) is 5.56 Å². The molecule has 0 aliphatic heterocycles. The Morgan fingerprint density at radius 1 is 1.29 bits per heavy atom. The lowest BCUT2D eigenvalue weighted by Crippen LogP contribution is -2.09. The van der Waals surface area contributed by atoms with Crippen molar-refractivity contribution < 1.29 is 0 Å². The highest BCUT2D eigenvalue weighted by molar-refractivity contribution is 9.10. The molecule has 0 N–H and O–H groups in total. The van der Waals surface area contributed by atoms with Gasteiger partial charge in [0.1, 0.15) is 11.3 Å². The van der Waals surface area contributed by atoms with Crippen LogP contribution in [0.15, 0.2) is 28.7 Å². The molecule has 2 heterocycles. The first-order valence-corrected chi connectivity index (χ1v) is 7.98. The van der Waals surface area contributed by atoms with Crippen molar-refractivity contribution in [2.45, 2.75) is 25.8 Å². The number of rotatable bonds is 3. The first-order chi connectivity index (χ1) is 9.97. The van der Waals surface area contributed by atoms with Crippen LogP contribution in [-0.4, -0.2) is 19.3 Å². The Kier molecular flexibility index (Phi) is 3.80. The summed E-state index contributed by atoms with van der Waals surface area (Å²) in [5.74, 6) is 0.880. The van der Waals surface area contributed by atoms with Crippen molar-refractivity contribution in [2.24, 2.45) is 7.05 Å². The Bertz CT molecular complexity index is 786. The fraction of sp³-hybridized carbons (Fsp3) is 0.333. The fourth-order valence-electron chi connectivity index (χ4n) is 2.58. The number of alkyl halides is 1. The summed E-state index contributed by atoms with van der Waals surface area (Å²) in [6.45, 7) is 4.65. The number of halogens is 2. The molecule has 1 atom stereocenters. The van der Waals surface area contributed by atoms with E-state index in [1.807, 2.05) is 37.7 Å². The Balaban J connectivity index is 2.14. The zero-order valence-corrected chi connectivity index (χ0v) is 14.5. The highest BCUT2D eigenvalue weighted by Gasteiger charge is 2.20. The number of fused-ring (bicyclic) bond motifs is 1. The monoisotopic (exact) mass is 366 g/mol. The average Bonchev–Trinajstić information content (AvgIpc) is 2.93. The highest BCUT2D eigenvalue weighted by Crippen LogP contribution is 2.27.